The molecule has 1 amide bonds. The Kier molecular flexibility index (Phi) is 4.02. The van der Waals surface area contributed by atoms with Crippen molar-refractivity contribution < 1.29 is 18.0 Å². The van der Waals surface area contributed by atoms with Crippen LogP contribution in [-0.4, -0.2) is 15.9 Å². The SMILES string of the molecule is O=C(NC(c1ncccn1)C1CC1)c1ccccc1C(F)(F)F. The Hall–Kier alpha value is -2.44. The zero-order valence-corrected chi connectivity index (χ0v) is 12.0. The first kappa shape index (κ1) is 15.5. The molecule has 0 saturated heterocycles. The molecule has 1 aliphatic carbocycles. The number of amides is 1. The summed E-state index contributed by atoms with van der Waals surface area (Å²) < 4.78 is 39.1. The van der Waals surface area contributed by atoms with Crippen LogP contribution < -0.4 is 5.32 Å². The number of hydrogen-bond acceptors (Lipinski definition) is 3. The summed E-state index contributed by atoms with van der Waals surface area (Å²) in [7, 11) is 0. The fourth-order valence-electron chi connectivity index (χ4n) is 2.44. The highest BCUT2D eigenvalue weighted by Crippen LogP contribution is 2.40. The van der Waals surface area contributed by atoms with Crippen LogP contribution in [0.4, 0.5) is 13.2 Å². The first-order valence-electron chi connectivity index (χ1n) is 7.21. The zero-order valence-electron chi connectivity index (χ0n) is 12.0. The highest BCUT2D eigenvalue weighted by atomic mass is 19.4. The molecule has 4 nitrogen and oxygen atoms in total. The second-order valence-corrected chi connectivity index (χ2v) is 5.44. The van der Waals surface area contributed by atoms with Crippen LogP contribution in [0.5, 0.6) is 0 Å². The molecule has 0 bridgehead atoms. The van der Waals surface area contributed by atoms with Crippen LogP contribution in [0, 0.1) is 5.92 Å². The minimum Gasteiger partial charge on any atom is -0.342 e. The van der Waals surface area contributed by atoms with E-state index in [-0.39, 0.29) is 11.5 Å². The Morgan fingerprint density at radius 3 is 2.39 bits per heavy atom. The van der Waals surface area contributed by atoms with Crippen LogP contribution in [0.15, 0.2) is 42.7 Å². The van der Waals surface area contributed by atoms with E-state index in [1.807, 2.05) is 0 Å². The van der Waals surface area contributed by atoms with Gasteiger partial charge in [0.2, 0.25) is 0 Å². The predicted octanol–water partition coefficient (Wildman–Crippen LogP) is 3.38. The lowest BCUT2D eigenvalue weighted by Gasteiger charge is -2.18. The van der Waals surface area contributed by atoms with Gasteiger partial charge in [-0.1, -0.05) is 12.1 Å². The summed E-state index contributed by atoms with van der Waals surface area (Å²) >= 11 is 0. The minimum atomic E-state index is -4.58. The number of benzene rings is 1. The molecule has 120 valence electrons. The number of halogens is 3. The van der Waals surface area contributed by atoms with E-state index in [1.54, 1.807) is 18.5 Å². The lowest BCUT2D eigenvalue weighted by molar-refractivity contribution is -0.137. The van der Waals surface area contributed by atoms with Gasteiger partial charge in [-0.25, -0.2) is 9.97 Å². The predicted molar refractivity (Wildman–Crippen MR) is 76.4 cm³/mol. The molecule has 1 unspecified atom stereocenters. The molecular formula is C16H14F3N3O. The van der Waals surface area contributed by atoms with Crippen molar-refractivity contribution in [3.63, 3.8) is 0 Å². The molecule has 1 N–H and O–H groups in total. The lowest BCUT2D eigenvalue weighted by Crippen LogP contribution is -2.32. The molecule has 1 heterocycles. The summed E-state index contributed by atoms with van der Waals surface area (Å²) in [5.74, 6) is -0.172. The number of nitrogens with zero attached hydrogens (tertiary/aromatic N) is 2. The van der Waals surface area contributed by atoms with E-state index < -0.39 is 23.7 Å². The van der Waals surface area contributed by atoms with E-state index in [2.05, 4.69) is 15.3 Å². The van der Waals surface area contributed by atoms with Crippen molar-refractivity contribution in [3.8, 4) is 0 Å². The van der Waals surface area contributed by atoms with Gasteiger partial charge in [-0.2, -0.15) is 13.2 Å². The second-order valence-electron chi connectivity index (χ2n) is 5.44. The van der Waals surface area contributed by atoms with Crippen LogP contribution in [0.3, 0.4) is 0 Å². The third-order valence-corrected chi connectivity index (χ3v) is 3.72. The number of carbonyl (C=O) groups excluding carboxylic acids is 1. The van der Waals surface area contributed by atoms with Crippen LogP contribution in [0.1, 0.15) is 40.6 Å². The molecule has 1 saturated carbocycles. The minimum absolute atomic E-state index is 0.166. The third kappa shape index (κ3) is 3.49. The monoisotopic (exact) mass is 321 g/mol. The summed E-state index contributed by atoms with van der Waals surface area (Å²) in [6.07, 6.45) is 0.307. The fourth-order valence-corrected chi connectivity index (χ4v) is 2.44. The van der Waals surface area contributed by atoms with E-state index in [4.69, 9.17) is 0 Å². The van der Waals surface area contributed by atoms with Gasteiger partial charge >= 0.3 is 6.18 Å². The number of aromatic nitrogens is 2. The Morgan fingerprint density at radius 2 is 1.78 bits per heavy atom. The summed E-state index contributed by atoms with van der Waals surface area (Å²) in [5, 5.41) is 2.66. The molecule has 7 heteroatoms. The van der Waals surface area contributed by atoms with E-state index in [1.165, 1.54) is 18.2 Å². The Labute approximate surface area is 130 Å². The lowest BCUT2D eigenvalue weighted by atomic mass is 10.0. The first-order chi connectivity index (χ1) is 11.0. The maximum atomic E-state index is 13.0. The second kappa shape index (κ2) is 5.98. The number of carbonyl (C=O) groups is 1. The molecule has 1 aromatic heterocycles. The molecule has 0 aliphatic heterocycles. The highest BCUT2D eigenvalue weighted by molar-refractivity contribution is 5.96. The van der Waals surface area contributed by atoms with Gasteiger partial charge in [-0.3, -0.25) is 4.79 Å². The molecule has 1 fully saturated rings. The van der Waals surface area contributed by atoms with Gasteiger partial charge in [0.25, 0.3) is 5.91 Å². The molecular weight excluding hydrogens is 307 g/mol. The normalized spacial score (nSPS) is 16.0. The highest BCUT2D eigenvalue weighted by Gasteiger charge is 2.38. The number of hydrogen-bond donors (Lipinski definition) is 1. The Balaban J connectivity index is 1.86. The molecule has 0 radical (unpaired) electrons. The van der Waals surface area contributed by atoms with E-state index >= 15 is 0 Å². The van der Waals surface area contributed by atoms with Crippen molar-refractivity contribution in [2.24, 2.45) is 5.92 Å². The van der Waals surface area contributed by atoms with Gasteiger partial charge in [0.15, 0.2) is 5.82 Å². The summed E-state index contributed by atoms with van der Waals surface area (Å²) in [6.45, 7) is 0. The molecule has 23 heavy (non-hydrogen) atoms. The number of nitrogens with one attached hydrogen (secondary N) is 1. The molecule has 2 aromatic rings. The average molecular weight is 321 g/mol. The van der Waals surface area contributed by atoms with Crippen LogP contribution in [0.25, 0.3) is 0 Å². The largest absolute Gasteiger partial charge is 0.417 e. The maximum Gasteiger partial charge on any atom is 0.417 e. The molecule has 1 aromatic carbocycles. The van der Waals surface area contributed by atoms with Crippen molar-refractivity contribution >= 4 is 5.91 Å². The van der Waals surface area contributed by atoms with E-state index in [0.717, 1.165) is 18.9 Å². The van der Waals surface area contributed by atoms with Gasteiger partial charge in [0, 0.05) is 12.4 Å². The van der Waals surface area contributed by atoms with Gasteiger partial charge in [0.1, 0.15) is 0 Å². The smallest absolute Gasteiger partial charge is 0.342 e. The zero-order chi connectivity index (χ0) is 16.4. The van der Waals surface area contributed by atoms with Crippen molar-refractivity contribution in [1.82, 2.24) is 15.3 Å². The summed E-state index contributed by atoms with van der Waals surface area (Å²) in [6, 6.07) is 5.93. The molecule has 1 aliphatic rings. The maximum absolute atomic E-state index is 13.0. The topological polar surface area (TPSA) is 54.9 Å². The van der Waals surface area contributed by atoms with E-state index in [0.29, 0.717) is 5.82 Å². The third-order valence-electron chi connectivity index (χ3n) is 3.72. The number of alkyl halides is 3. The van der Waals surface area contributed by atoms with Gasteiger partial charge in [0.05, 0.1) is 17.2 Å². The summed E-state index contributed by atoms with van der Waals surface area (Å²) in [5.41, 5.74) is -1.33. The molecule has 0 spiro atoms. The average Bonchev–Trinajstić information content (AvgIpc) is 3.37. The van der Waals surface area contributed by atoms with E-state index in [9.17, 15) is 18.0 Å². The van der Waals surface area contributed by atoms with Gasteiger partial charge < -0.3 is 5.32 Å². The quantitative estimate of drug-likeness (QED) is 0.939. The standard InChI is InChI=1S/C16H14F3N3O/c17-16(18,19)12-5-2-1-4-11(12)15(23)22-13(10-6-7-10)14-20-8-3-9-21-14/h1-5,8-10,13H,6-7H2,(H,22,23). The van der Waals surface area contributed by atoms with Crippen molar-refractivity contribution in [2.45, 2.75) is 25.1 Å². The van der Waals surface area contributed by atoms with Crippen LogP contribution in [0.2, 0.25) is 0 Å². The van der Waals surface area contributed by atoms with Crippen molar-refractivity contribution in [2.75, 3.05) is 0 Å². The molecule has 1 atom stereocenters. The van der Waals surface area contributed by atoms with Crippen molar-refractivity contribution in [1.29, 1.82) is 0 Å². The fraction of sp³-hybridized carbons (Fsp3) is 0.312. The summed E-state index contributed by atoms with van der Waals surface area (Å²) in [4.78, 5) is 20.6. The Morgan fingerprint density at radius 1 is 1.13 bits per heavy atom. The van der Waals surface area contributed by atoms with Crippen molar-refractivity contribution in [3.05, 3.63) is 59.7 Å². The Bertz CT molecular complexity index is 699. The number of rotatable bonds is 4. The van der Waals surface area contributed by atoms with Crippen LogP contribution >= 0.6 is 0 Å². The van der Waals surface area contributed by atoms with Gasteiger partial charge in [-0.15, -0.1) is 0 Å². The van der Waals surface area contributed by atoms with Crippen LogP contribution in [-0.2, 0) is 6.18 Å². The molecule has 3 rings (SSSR count). The first-order valence-corrected chi connectivity index (χ1v) is 7.21. The van der Waals surface area contributed by atoms with Gasteiger partial charge in [-0.05, 0) is 37.0 Å².